The summed E-state index contributed by atoms with van der Waals surface area (Å²) >= 11 is 7.21. The third-order valence-corrected chi connectivity index (χ3v) is 23.3. The van der Waals surface area contributed by atoms with E-state index in [1.54, 1.807) is 12.1 Å². The second-order valence-electron chi connectivity index (χ2n) is 28.1. The van der Waals surface area contributed by atoms with E-state index in [9.17, 15) is 20.2 Å². The molecule has 8 aromatic rings. The van der Waals surface area contributed by atoms with Gasteiger partial charge in [-0.1, -0.05) is 208 Å². The van der Waals surface area contributed by atoms with Gasteiger partial charge in [0, 0.05) is 82.8 Å². The standard InChI is InChI=1S/C83H80Br2N6O5.2ClHO4/c1-86-72-53-74(90(93)94)68(84)51-66(72)80(45-21-7-22-46-80)76(86)39-25-41-78-82(55-59-27-9-3-10-28-59,56-60-29-11-4-12-30-60)64-35-17-19-37-70(64)88(78)49-43-63(92)44-50-89-71-38-20-18-36-65(71)83(57-61-31-13-5-14-32-61,58-62-33-15-6-16-34-62)79(89)42-26-40-77-81(47-23-8-24-48-81)67-52-69(85)75(91(95)96)54-73(67)87(77)2;2*2-1(3,4)5/h3-6,9-20,25-42,51-54H,7-8,21-24,43-50,55-58H2,1-2H3;2*(H,2,3,4,5)/q+2;;/p-2. The van der Waals surface area contributed by atoms with Crippen LogP contribution >= 0.6 is 31.9 Å². The first-order valence-corrected chi connectivity index (χ1v) is 39.4. The summed E-state index contributed by atoms with van der Waals surface area (Å²) in [4.78, 5) is 44.5. The van der Waals surface area contributed by atoms with Crippen molar-refractivity contribution >= 4 is 83.2 Å². The topological polar surface area (TPSA) is 300 Å². The molecule has 548 valence electrons. The zero-order valence-electron chi connectivity index (χ0n) is 58.7. The number of nitro groups is 2. The summed E-state index contributed by atoms with van der Waals surface area (Å²) in [6.07, 6.45) is 27.6. The summed E-state index contributed by atoms with van der Waals surface area (Å²) in [7, 11) is -5.77. The van der Waals surface area contributed by atoms with Crippen LogP contribution < -0.4 is 47.1 Å². The fourth-order valence-corrected chi connectivity index (χ4v) is 18.7. The Bertz CT molecular complexity index is 4390. The minimum Gasteiger partial charge on any atom is -0.343 e. The molecular formula is C83H80Br2Cl2N6O13. The smallest absolute Gasteiger partial charge is 0.290 e. The summed E-state index contributed by atoms with van der Waals surface area (Å²) in [6, 6.07) is 68.3. The average molecular weight is 1600 g/mol. The molecule has 2 aliphatic carbocycles. The van der Waals surface area contributed by atoms with Gasteiger partial charge in [0.25, 0.3) is 11.4 Å². The highest BCUT2D eigenvalue weighted by molar-refractivity contribution is 9.11. The lowest BCUT2D eigenvalue weighted by molar-refractivity contribution is -2.00. The van der Waals surface area contributed by atoms with Gasteiger partial charge in [-0.3, -0.25) is 25.0 Å². The Morgan fingerprint density at radius 1 is 0.443 bits per heavy atom. The Morgan fingerprint density at radius 2 is 0.736 bits per heavy atom. The highest BCUT2D eigenvalue weighted by Gasteiger charge is 2.54. The molecule has 0 atom stereocenters. The quantitative estimate of drug-likeness (QED) is 0.0389. The maximum Gasteiger partial charge on any atom is 0.290 e. The number of carbonyl (C=O) groups is 1. The minimum atomic E-state index is -4.94. The zero-order valence-corrected chi connectivity index (χ0v) is 63.4. The van der Waals surface area contributed by atoms with Crippen LogP contribution in [-0.2, 0) is 52.1 Å². The van der Waals surface area contributed by atoms with Crippen LogP contribution in [0, 0.1) is 40.7 Å². The molecule has 0 N–H and O–H groups in total. The van der Waals surface area contributed by atoms with Gasteiger partial charge in [-0.15, -0.1) is 20.5 Å². The van der Waals surface area contributed by atoms with Crippen LogP contribution in [0.25, 0.3) is 0 Å². The summed E-state index contributed by atoms with van der Waals surface area (Å²) in [5.74, 6) is 0.169. The molecule has 6 aliphatic rings. The predicted molar refractivity (Wildman–Crippen MR) is 393 cm³/mol. The SMILES string of the molecule is C[N+]1=C(C=CC=C2N(CCC(=O)CCN3C(=CC=CC4=[N+](C)c5cc([N+](=O)[O-])c(Br)cc5C45CCCCC5)C(Cc4ccccc4)(Cc4ccccc4)c4ccccc43)c3ccccc3C2(Cc2ccccc2)Cc2ccccc2)C2(CCCCC2)c2cc(Br)c([N+](=O)[O-])cc21.[O-][Cl+3]([O-])([O-])[O-].[O-][Cl+3]([O-])([O-])[O-]. The fourth-order valence-electron chi connectivity index (χ4n) is 17.7. The molecule has 19 nitrogen and oxygen atoms in total. The number of halogens is 4. The van der Waals surface area contributed by atoms with Gasteiger partial charge in [-0.25, -0.2) is 37.3 Å². The monoisotopic (exact) mass is 1600 g/mol. The number of nitrogens with zero attached hydrogens (tertiary/aromatic N) is 6. The molecule has 4 heterocycles. The first-order chi connectivity index (χ1) is 50.7. The van der Waals surface area contributed by atoms with Crippen molar-refractivity contribution in [2.75, 3.05) is 37.0 Å². The van der Waals surface area contributed by atoms with E-state index in [-0.39, 0.29) is 37.8 Å². The minimum absolute atomic E-state index is 0.0621. The van der Waals surface area contributed by atoms with E-state index in [0.717, 1.165) is 147 Å². The summed E-state index contributed by atoms with van der Waals surface area (Å²) < 4.78 is 73.3. The molecule has 0 saturated heterocycles. The summed E-state index contributed by atoms with van der Waals surface area (Å²) in [5.41, 5.74) is 16.6. The molecule has 106 heavy (non-hydrogen) atoms. The zero-order chi connectivity index (χ0) is 75.2. The molecule has 0 bridgehead atoms. The van der Waals surface area contributed by atoms with E-state index < -0.39 is 31.3 Å². The molecule has 8 aromatic carbocycles. The number of Topliss-reactive ketones (excluding diaryl/α,β-unsaturated/α-hetero) is 1. The van der Waals surface area contributed by atoms with E-state index >= 15 is 4.79 Å². The van der Waals surface area contributed by atoms with Crippen molar-refractivity contribution in [2.45, 2.75) is 124 Å². The van der Waals surface area contributed by atoms with Gasteiger partial charge >= 0.3 is 0 Å². The highest BCUT2D eigenvalue weighted by atomic mass is 79.9. The molecular weight excluding hydrogens is 1520 g/mol. The van der Waals surface area contributed by atoms with Crippen molar-refractivity contribution in [3.05, 3.63) is 316 Å². The van der Waals surface area contributed by atoms with Gasteiger partial charge in [-0.05, 0) is 153 Å². The third-order valence-electron chi connectivity index (χ3n) is 22.0. The number of fused-ring (bicyclic) bond motifs is 6. The molecule has 2 fully saturated rings. The van der Waals surface area contributed by atoms with Crippen molar-refractivity contribution in [3.63, 3.8) is 0 Å². The number of ketones is 1. The lowest BCUT2D eigenvalue weighted by atomic mass is 9.67. The van der Waals surface area contributed by atoms with Crippen LogP contribution in [0.4, 0.5) is 34.1 Å². The van der Waals surface area contributed by atoms with Crippen LogP contribution in [0.5, 0.6) is 0 Å². The van der Waals surface area contributed by atoms with Crippen molar-refractivity contribution in [2.24, 2.45) is 0 Å². The summed E-state index contributed by atoms with van der Waals surface area (Å²) in [6.45, 7) is 0.933. The highest BCUT2D eigenvalue weighted by Crippen LogP contribution is 2.57. The fraction of sp³-hybridized carbons (Fsp3) is 0.289. The van der Waals surface area contributed by atoms with Crippen molar-refractivity contribution in [3.8, 4) is 0 Å². The van der Waals surface area contributed by atoms with Crippen molar-refractivity contribution < 1.29 is 81.6 Å². The van der Waals surface area contributed by atoms with Crippen molar-refractivity contribution in [1.82, 2.24) is 0 Å². The number of allylic oxidation sites excluding steroid dienone is 8. The lowest BCUT2D eigenvalue weighted by Crippen LogP contribution is -2.68. The number of anilines is 2. The Kier molecular flexibility index (Phi) is 23.6. The molecule has 0 amide bonds. The second-order valence-corrected chi connectivity index (χ2v) is 31.3. The molecule has 23 heteroatoms. The molecule has 2 saturated carbocycles. The maximum absolute atomic E-state index is 15.4. The van der Waals surface area contributed by atoms with Gasteiger partial charge in [0.2, 0.25) is 11.4 Å². The van der Waals surface area contributed by atoms with Gasteiger partial charge in [0.1, 0.15) is 19.9 Å². The molecule has 4 aliphatic heterocycles. The molecule has 14 rings (SSSR count). The number of para-hydroxylation sites is 2. The number of carbonyl (C=O) groups excluding carboxylic acids is 1. The first kappa shape index (κ1) is 77.0. The Morgan fingerprint density at radius 3 is 1.04 bits per heavy atom. The van der Waals surface area contributed by atoms with Crippen molar-refractivity contribution in [1.29, 1.82) is 0 Å². The van der Waals surface area contributed by atoms with E-state index in [1.165, 1.54) is 33.4 Å². The van der Waals surface area contributed by atoms with E-state index in [1.807, 2.05) is 12.1 Å². The average Bonchev–Trinajstić information content (AvgIpc) is 1.58. The molecule has 0 radical (unpaired) electrons. The molecule has 0 unspecified atom stereocenters. The van der Waals surface area contributed by atoms with Crippen LogP contribution in [0.2, 0.25) is 0 Å². The van der Waals surface area contributed by atoms with E-state index in [0.29, 0.717) is 34.9 Å². The number of nitro benzene ring substituents is 2. The number of rotatable bonds is 20. The van der Waals surface area contributed by atoms with Gasteiger partial charge in [0.15, 0.2) is 11.4 Å². The predicted octanol–water partition coefficient (Wildman–Crippen LogP) is 9.79. The molecule has 0 aromatic heterocycles. The third kappa shape index (κ3) is 16.4. The number of hydrogen-bond acceptors (Lipinski definition) is 15. The Labute approximate surface area is 637 Å². The largest absolute Gasteiger partial charge is 0.343 e. The Balaban J connectivity index is 0.000000988. The lowest BCUT2D eigenvalue weighted by Gasteiger charge is -2.35. The normalized spacial score (nSPS) is 18.1. The van der Waals surface area contributed by atoms with Crippen LogP contribution in [0.3, 0.4) is 0 Å². The van der Waals surface area contributed by atoms with Gasteiger partial charge in [-0.2, -0.15) is 9.15 Å². The van der Waals surface area contributed by atoms with Gasteiger partial charge in [0.05, 0.1) is 41.8 Å². The number of benzene rings is 8. The number of hydrogen-bond donors (Lipinski definition) is 0. The van der Waals surface area contributed by atoms with Crippen LogP contribution in [-0.4, -0.2) is 63.4 Å². The van der Waals surface area contributed by atoms with E-state index in [2.05, 4.69) is 271 Å². The van der Waals surface area contributed by atoms with Crippen LogP contribution in [0.15, 0.2) is 251 Å². The van der Waals surface area contributed by atoms with Gasteiger partial charge < -0.3 is 9.80 Å². The maximum atomic E-state index is 15.4. The first-order valence-electron chi connectivity index (χ1n) is 35.4. The van der Waals surface area contributed by atoms with Crippen LogP contribution in [0.1, 0.15) is 122 Å². The Hall–Kier alpha value is -8.65. The second kappa shape index (κ2) is 32.4. The molecule has 2 spiro atoms. The van der Waals surface area contributed by atoms with E-state index in [4.69, 9.17) is 37.3 Å². The summed E-state index contributed by atoms with van der Waals surface area (Å²) in [5, 5.41) is 24.8.